The summed E-state index contributed by atoms with van der Waals surface area (Å²) < 4.78 is 18.8. The van der Waals surface area contributed by atoms with Gasteiger partial charge in [-0.15, -0.1) is 0 Å². The molecule has 0 spiro atoms. The van der Waals surface area contributed by atoms with E-state index in [9.17, 15) is 19.1 Å². The molecular weight excluding hydrogens is 399 g/mol. The summed E-state index contributed by atoms with van der Waals surface area (Å²) in [7, 11) is 1.68. The van der Waals surface area contributed by atoms with E-state index in [-0.39, 0.29) is 43.2 Å². The van der Waals surface area contributed by atoms with E-state index in [1.807, 2.05) is 13.8 Å². The zero-order valence-corrected chi connectivity index (χ0v) is 18.0. The minimum absolute atomic E-state index is 0.0213. The van der Waals surface area contributed by atoms with Crippen molar-refractivity contribution in [3.05, 3.63) is 71.2 Å². The molecule has 1 aliphatic heterocycles. The lowest BCUT2D eigenvalue weighted by Gasteiger charge is -2.20. The molecule has 2 aromatic rings. The maximum Gasteiger partial charge on any atom is 0.277 e. The summed E-state index contributed by atoms with van der Waals surface area (Å²) in [5, 5.41) is 9.35. The number of halogens is 1. The number of hydrogen-bond acceptors (Lipinski definition) is 5. The number of carbonyl (C=O) groups is 2. The molecule has 1 N–H and O–H groups in total. The molecule has 1 aliphatic rings. The van der Waals surface area contributed by atoms with Gasteiger partial charge < -0.3 is 14.7 Å². The molecule has 6 nitrogen and oxygen atoms in total. The third-order valence-corrected chi connectivity index (χ3v) is 5.01. The van der Waals surface area contributed by atoms with Crippen molar-refractivity contribution in [2.24, 2.45) is 0 Å². The van der Waals surface area contributed by atoms with Crippen LogP contribution < -0.4 is 4.74 Å². The minimum atomic E-state index is -0.402. The number of aliphatic hydroxyl groups excluding tert-OH is 1. The first-order valence-corrected chi connectivity index (χ1v) is 10.3. The molecule has 3 rings (SSSR count). The topological polar surface area (TPSA) is 70.1 Å². The molecule has 2 aromatic carbocycles. The van der Waals surface area contributed by atoms with Gasteiger partial charge in [0.1, 0.15) is 17.3 Å². The van der Waals surface area contributed by atoms with Crippen molar-refractivity contribution >= 4 is 17.4 Å². The van der Waals surface area contributed by atoms with Crippen LogP contribution in [0.3, 0.4) is 0 Å². The molecule has 0 aromatic heterocycles. The zero-order valence-electron chi connectivity index (χ0n) is 18.0. The van der Waals surface area contributed by atoms with E-state index in [0.717, 1.165) is 5.56 Å². The lowest BCUT2D eigenvalue weighted by atomic mass is 10.0. The molecule has 0 fully saturated rings. The van der Waals surface area contributed by atoms with Gasteiger partial charge in [-0.2, -0.15) is 0 Å². The molecule has 0 aliphatic carbocycles. The van der Waals surface area contributed by atoms with Crippen LogP contribution in [0, 0.1) is 5.82 Å². The van der Waals surface area contributed by atoms with Crippen LogP contribution in [0.2, 0.25) is 0 Å². The van der Waals surface area contributed by atoms with Crippen LogP contribution >= 0.6 is 0 Å². The van der Waals surface area contributed by atoms with Crippen molar-refractivity contribution in [2.45, 2.75) is 26.4 Å². The second-order valence-corrected chi connectivity index (χ2v) is 7.70. The average Bonchev–Trinajstić information content (AvgIpc) is 2.98. The molecule has 0 bridgehead atoms. The van der Waals surface area contributed by atoms with Crippen molar-refractivity contribution in [2.75, 3.05) is 26.7 Å². The molecule has 164 valence electrons. The summed E-state index contributed by atoms with van der Waals surface area (Å²) in [4.78, 5) is 29.2. The second kappa shape index (κ2) is 9.75. The summed E-state index contributed by atoms with van der Waals surface area (Å²) >= 11 is 0. The van der Waals surface area contributed by atoms with Gasteiger partial charge in [-0.1, -0.05) is 24.3 Å². The molecule has 31 heavy (non-hydrogen) atoms. The highest BCUT2D eigenvalue weighted by Gasteiger charge is 2.40. The Hall–Kier alpha value is -3.19. The lowest BCUT2D eigenvalue weighted by Crippen LogP contribution is -2.36. The Morgan fingerprint density at radius 1 is 1.03 bits per heavy atom. The Labute approximate surface area is 181 Å². The van der Waals surface area contributed by atoms with Crippen LogP contribution in [0.5, 0.6) is 5.75 Å². The Morgan fingerprint density at radius 2 is 1.68 bits per heavy atom. The van der Waals surface area contributed by atoms with Gasteiger partial charge in [-0.25, -0.2) is 4.39 Å². The molecule has 0 radical (unpaired) electrons. The summed E-state index contributed by atoms with van der Waals surface area (Å²) in [6.07, 6.45) is 0.441. The maximum absolute atomic E-state index is 13.2. The number of aliphatic hydroxyl groups is 1. The van der Waals surface area contributed by atoms with Crippen LogP contribution in [-0.2, 0) is 16.0 Å². The van der Waals surface area contributed by atoms with Crippen LogP contribution in [0.25, 0.3) is 5.57 Å². The second-order valence-electron chi connectivity index (χ2n) is 7.70. The Morgan fingerprint density at radius 3 is 2.26 bits per heavy atom. The van der Waals surface area contributed by atoms with Gasteiger partial charge in [0, 0.05) is 20.1 Å². The highest BCUT2D eigenvalue weighted by atomic mass is 19.1. The van der Waals surface area contributed by atoms with Gasteiger partial charge >= 0.3 is 0 Å². The smallest absolute Gasteiger partial charge is 0.277 e. The monoisotopic (exact) mass is 426 g/mol. The number of amides is 2. The normalized spacial score (nSPS) is 14.1. The number of carbonyl (C=O) groups excluding carboxylic acids is 2. The molecule has 2 amide bonds. The molecule has 0 saturated heterocycles. The number of rotatable bonds is 9. The largest absolute Gasteiger partial charge is 0.491 e. The summed E-state index contributed by atoms with van der Waals surface area (Å²) in [5.74, 6) is -0.446. The van der Waals surface area contributed by atoms with E-state index in [1.165, 1.54) is 17.0 Å². The fourth-order valence-electron chi connectivity index (χ4n) is 3.51. The SMILES string of the molecule is CC(C)Oc1ccc(C2=C(N(C)CCO)C(=O)N(CCc3ccc(F)cc3)C2=O)cc1. The molecule has 0 atom stereocenters. The molecular formula is C24H27FN2O4. The predicted octanol–water partition coefficient (Wildman–Crippen LogP) is 2.86. The fourth-order valence-corrected chi connectivity index (χ4v) is 3.51. The van der Waals surface area contributed by atoms with Crippen molar-refractivity contribution in [1.29, 1.82) is 0 Å². The Bertz CT molecular complexity index is 968. The lowest BCUT2D eigenvalue weighted by molar-refractivity contribution is -0.137. The van der Waals surface area contributed by atoms with Crippen LogP contribution in [-0.4, -0.2) is 59.6 Å². The zero-order chi connectivity index (χ0) is 22.5. The van der Waals surface area contributed by atoms with Gasteiger partial charge in [-0.3, -0.25) is 14.5 Å². The van der Waals surface area contributed by atoms with E-state index in [1.54, 1.807) is 48.3 Å². The fraction of sp³-hybridized carbons (Fsp3) is 0.333. The quantitative estimate of drug-likeness (QED) is 0.625. The van der Waals surface area contributed by atoms with Crippen molar-refractivity contribution in [3.63, 3.8) is 0 Å². The standard InChI is InChI=1S/C24H27FN2O4/c1-16(2)31-20-10-6-18(7-11-20)21-22(26(3)14-15-28)24(30)27(23(21)29)13-12-17-4-8-19(25)9-5-17/h4-11,16,28H,12-15H2,1-3H3. The van der Waals surface area contributed by atoms with Gasteiger partial charge in [0.05, 0.1) is 18.3 Å². The third-order valence-electron chi connectivity index (χ3n) is 5.01. The predicted molar refractivity (Wildman–Crippen MR) is 116 cm³/mol. The van der Waals surface area contributed by atoms with E-state index in [0.29, 0.717) is 23.3 Å². The summed E-state index contributed by atoms with van der Waals surface area (Å²) in [5.41, 5.74) is 2.00. The molecule has 0 saturated carbocycles. The minimum Gasteiger partial charge on any atom is -0.491 e. The first-order valence-electron chi connectivity index (χ1n) is 10.3. The summed E-state index contributed by atoms with van der Waals surface area (Å²) in [6.45, 7) is 4.11. The number of likely N-dealkylation sites (N-methyl/N-ethyl adjacent to an activating group) is 1. The number of imide groups is 1. The first kappa shape index (κ1) is 22.5. The van der Waals surface area contributed by atoms with Gasteiger partial charge in [-0.05, 0) is 55.7 Å². The number of benzene rings is 2. The highest BCUT2D eigenvalue weighted by molar-refractivity contribution is 6.35. The van der Waals surface area contributed by atoms with E-state index < -0.39 is 5.91 Å². The molecule has 0 unspecified atom stereocenters. The van der Waals surface area contributed by atoms with Crippen molar-refractivity contribution < 1.29 is 23.8 Å². The summed E-state index contributed by atoms with van der Waals surface area (Å²) in [6, 6.07) is 13.0. The van der Waals surface area contributed by atoms with Gasteiger partial charge in [0.2, 0.25) is 0 Å². The Kier molecular flexibility index (Phi) is 7.07. The average molecular weight is 426 g/mol. The molecule has 1 heterocycles. The number of ether oxygens (including phenoxy) is 1. The highest BCUT2D eigenvalue weighted by Crippen LogP contribution is 2.32. The third kappa shape index (κ3) is 5.11. The number of hydrogen-bond donors (Lipinski definition) is 1. The van der Waals surface area contributed by atoms with Crippen molar-refractivity contribution in [3.8, 4) is 5.75 Å². The van der Waals surface area contributed by atoms with E-state index >= 15 is 0 Å². The molecule has 7 heteroatoms. The van der Waals surface area contributed by atoms with Gasteiger partial charge in [0.15, 0.2) is 0 Å². The van der Waals surface area contributed by atoms with Crippen LogP contribution in [0.15, 0.2) is 54.2 Å². The Balaban J connectivity index is 1.88. The van der Waals surface area contributed by atoms with E-state index in [2.05, 4.69) is 0 Å². The number of nitrogens with zero attached hydrogens (tertiary/aromatic N) is 2. The van der Waals surface area contributed by atoms with Crippen LogP contribution in [0.1, 0.15) is 25.0 Å². The van der Waals surface area contributed by atoms with Crippen LogP contribution in [0.4, 0.5) is 4.39 Å². The van der Waals surface area contributed by atoms with Crippen molar-refractivity contribution in [1.82, 2.24) is 9.80 Å². The van der Waals surface area contributed by atoms with Gasteiger partial charge in [0.25, 0.3) is 11.8 Å². The first-order chi connectivity index (χ1) is 14.8. The van der Waals surface area contributed by atoms with E-state index in [4.69, 9.17) is 4.74 Å². The maximum atomic E-state index is 13.2.